The summed E-state index contributed by atoms with van der Waals surface area (Å²) >= 11 is 0. The van der Waals surface area contributed by atoms with Gasteiger partial charge in [0.15, 0.2) is 0 Å². The van der Waals surface area contributed by atoms with E-state index in [-0.39, 0.29) is 0 Å². The maximum Gasteiger partial charge on any atom is 0.234 e. The summed E-state index contributed by atoms with van der Waals surface area (Å²) in [6.07, 6.45) is 3.24. The van der Waals surface area contributed by atoms with E-state index in [2.05, 4.69) is 4.99 Å². The molecule has 0 saturated heterocycles. The van der Waals surface area contributed by atoms with Crippen LogP contribution in [0.4, 0.5) is 0 Å². The van der Waals surface area contributed by atoms with Crippen LogP contribution in [-0.4, -0.2) is 19.7 Å². The standard InChI is InChI=1S/C11H13NO2/c1-14-11-7-3-2-5-10(11)6-4-8-12-9-13/h2-3,5,7H,4,6,8H2,1H3. The van der Waals surface area contributed by atoms with Crippen LogP contribution in [0.2, 0.25) is 0 Å². The summed E-state index contributed by atoms with van der Waals surface area (Å²) in [4.78, 5) is 13.3. The Hall–Kier alpha value is -1.60. The first-order chi connectivity index (χ1) is 6.88. The van der Waals surface area contributed by atoms with Gasteiger partial charge < -0.3 is 4.74 Å². The average molecular weight is 191 g/mol. The third kappa shape index (κ3) is 3.04. The number of aliphatic imine (C=N–C) groups is 1. The smallest absolute Gasteiger partial charge is 0.234 e. The van der Waals surface area contributed by atoms with Crippen molar-refractivity contribution in [3.05, 3.63) is 29.8 Å². The molecule has 0 radical (unpaired) electrons. The number of aryl methyl sites for hydroxylation is 1. The summed E-state index contributed by atoms with van der Waals surface area (Å²) in [6.45, 7) is 0.529. The van der Waals surface area contributed by atoms with E-state index in [4.69, 9.17) is 4.74 Å². The highest BCUT2D eigenvalue weighted by Gasteiger charge is 1.99. The summed E-state index contributed by atoms with van der Waals surface area (Å²) in [5.41, 5.74) is 1.15. The van der Waals surface area contributed by atoms with Crippen molar-refractivity contribution in [1.29, 1.82) is 0 Å². The Morgan fingerprint density at radius 2 is 2.21 bits per heavy atom. The Morgan fingerprint density at radius 1 is 1.43 bits per heavy atom. The molecule has 0 fully saturated rings. The van der Waals surface area contributed by atoms with E-state index in [0.29, 0.717) is 6.54 Å². The highest BCUT2D eigenvalue weighted by Crippen LogP contribution is 2.18. The van der Waals surface area contributed by atoms with Crippen molar-refractivity contribution < 1.29 is 9.53 Å². The van der Waals surface area contributed by atoms with Crippen LogP contribution in [0, 0.1) is 0 Å². The zero-order chi connectivity index (χ0) is 10.2. The molecule has 0 saturated carbocycles. The topological polar surface area (TPSA) is 38.7 Å². The quantitative estimate of drug-likeness (QED) is 0.405. The van der Waals surface area contributed by atoms with Gasteiger partial charge in [0.25, 0.3) is 0 Å². The molecule has 0 atom stereocenters. The fourth-order valence-corrected chi connectivity index (χ4v) is 1.30. The van der Waals surface area contributed by atoms with Crippen LogP contribution in [-0.2, 0) is 11.2 Å². The highest BCUT2D eigenvalue weighted by atomic mass is 16.5. The minimum Gasteiger partial charge on any atom is -0.496 e. The lowest BCUT2D eigenvalue weighted by atomic mass is 10.1. The molecular formula is C11H13NO2. The lowest BCUT2D eigenvalue weighted by molar-refractivity contribution is 0.409. The van der Waals surface area contributed by atoms with Gasteiger partial charge in [-0.25, -0.2) is 9.79 Å². The molecule has 1 aromatic rings. The molecule has 0 bridgehead atoms. The first-order valence-electron chi connectivity index (χ1n) is 4.54. The van der Waals surface area contributed by atoms with Crippen molar-refractivity contribution in [2.45, 2.75) is 12.8 Å². The molecule has 0 aliphatic carbocycles. The van der Waals surface area contributed by atoms with Crippen molar-refractivity contribution in [2.75, 3.05) is 13.7 Å². The predicted molar refractivity (Wildman–Crippen MR) is 54.3 cm³/mol. The van der Waals surface area contributed by atoms with Crippen LogP contribution in [0.3, 0.4) is 0 Å². The number of methoxy groups -OCH3 is 1. The molecule has 3 heteroatoms. The fourth-order valence-electron chi connectivity index (χ4n) is 1.30. The highest BCUT2D eigenvalue weighted by molar-refractivity contribution is 5.34. The van der Waals surface area contributed by atoms with Crippen LogP contribution in [0.15, 0.2) is 29.3 Å². The molecule has 1 aromatic carbocycles. The van der Waals surface area contributed by atoms with Gasteiger partial charge in [-0.15, -0.1) is 0 Å². The van der Waals surface area contributed by atoms with E-state index in [1.54, 1.807) is 7.11 Å². The number of nitrogens with zero attached hydrogens (tertiary/aromatic N) is 1. The van der Waals surface area contributed by atoms with E-state index in [0.717, 1.165) is 24.2 Å². The van der Waals surface area contributed by atoms with Gasteiger partial charge in [0.1, 0.15) is 5.75 Å². The van der Waals surface area contributed by atoms with Crippen LogP contribution in [0.5, 0.6) is 5.75 Å². The number of para-hydroxylation sites is 1. The van der Waals surface area contributed by atoms with Crippen molar-refractivity contribution in [3.63, 3.8) is 0 Å². The molecule has 0 spiro atoms. The molecule has 1 rings (SSSR count). The van der Waals surface area contributed by atoms with Gasteiger partial charge in [0.2, 0.25) is 6.08 Å². The van der Waals surface area contributed by atoms with Gasteiger partial charge in [-0.2, -0.15) is 0 Å². The summed E-state index contributed by atoms with van der Waals surface area (Å²) in [5, 5.41) is 0. The molecule has 0 heterocycles. The molecule has 3 nitrogen and oxygen atoms in total. The third-order valence-electron chi connectivity index (χ3n) is 1.97. The Bertz CT molecular complexity index is 330. The lowest BCUT2D eigenvalue weighted by Gasteiger charge is -2.06. The van der Waals surface area contributed by atoms with Crippen LogP contribution in [0.1, 0.15) is 12.0 Å². The maximum atomic E-state index is 9.82. The fraction of sp³-hybridized carbons (Fsp3) is 0.364. The van der Waals surface area contributed by atoms with Crippen LogP contribution >= 0.6 is 0 Å². The largest absolute Gasteiger partial charge is 0.496 e. The summed E-state index contributed by atoms with van der Waals surface area (Å²) in [5.74, 6) is 0.891. The molecule has 0 aliphatic heterocycles. The first-order valence-corrected chi connectivity index (χ1v) is 4.54. The Kier molecular flexibility index (Phi) is 4.45. The van der Waals surface area contributed by atoms with Crippen LogP contribution in [0.25, 0.3) is 0 Å². The van der Waals surface area contributed by atoms with Gasteiger partial charge in [0.05, 0.1) is 13.7 Å². The summed E-state index contributed by atoms with van der Waals surface area (Å²) in [7, 11) is 1.66. The Balaban J connectivity index is 2.52. The molecule has 0 aliphatic rings. The van der Waals surface area contributed by atoms with E-state index < -0.39 is 0 Å². The molecule has 0 amide bonds. The number of hydrogen-bond donors (Lipinski definition) is 0. The predicted octanol–water partition coefficient (Wildman–Crippen LogP) is 1.96. The second kappa shape index (κ2) is 5.95. The van der Waals surface area contributed by atoms with E-state index in [9.17, 15) is 4.79 Å². The second-order valence-electron chi connectivity index (χ2n) is 2.89. The van der Waals surface area contributed by atoms with E-state index in [1.807, 2.05) is 24.3 Å². The van der Waals surface area contributed by atoms with Gasteiger partial charge >= 0.3 is 0 Å². The van der Waals surface area contributed by atoms with Gasteiger partial charge in [0, 0.05) is 0 Å². The zero-order valence-corrected chi connectivity index (χ0v) is 8.19. The van der Waals surface area contributed by atoms with Crippen molar-refractivity contribution >= 4 is 6.08 Å². The number of ether oxygens (including phenoxy) is 1. The molecule has 14 heavy (non-hydrogen) atoms. The van der Waals surface area contributed by atoms with Gasteiger partial charge in [-0.3, -0.25) is 0 Å². The monoisotopic (exact) mass is 191 g/mol. The molecule has 0 N–H and O–H groups in total. The molecule has 0 aromatic heterocycles. The van der Waals surface area contributed by atoms with Gasteiger partial charge in [-0.1, -0.05) is 18.2 Å². The van der Waals surface area contributed by atoms with Crippen molar-refractivity contribution in [3.8, 4) is 5.75 Å². The molecule has 0 unspecified atom stereocenters. The number of isocyanates is 1. The van der Waals surface area contributed by atoms with Crippen LogP contribution < -0.4 is 4.74 Å². The number of benzene rings is 1. The SMILES string of the molecule is COc1ccccc1CCCN=C=O. The van der Waals surface area contributed by atoms with Gasteiger partial charge in [-0.05, 0) is 24.5 Å². The molecule has 74 valence electrons. The summed E-state index contributed by atoms with van der Waals surface area (Å²) in [6, 6.07) is 7.86. The van der Waals surface area contributed by atoms with E-state index >= 15 is 0 Å². The summed E-state index contributed by atoms with van der Waals surface area (Å²) < 4.78 is 5.19. The molecular weight excluding hydrogens is 178 g/mol. The maximum absolute atomic E-state index is 9.82. The Morgan fingerprint density at radius 3 is 2.93 bits per heavy atom. The number of rotatable bonds is 5. The minimum absolute atomic E-state index is 0.529. The van der Waals surface area contributed by atoms with Crippen molar-refractivity contribution in [2.24, 2.45) is 4.99 Å². The van der Waals surface area contributed by atoms with Crippen molar-refractivity contribution in [1.82, 2.24) is 0 Å². The minimum atomic E-state index is 0.529. The normalized spacial score (nSPS) is 9.21. The third-order valence-corrected chi connectivity index (χ3v) is 1.97. The van der Waals surface area contributed by atoms with E-state index in [1.165, 1.54) is 6.08 Å². The average Bonchev–Trinajstić information content (AvgIpc) is 2.25. The lowest BCUT2D eigenvalue weighted by Crippen LogP contribution is -1.93. The Labute approximate surface area is 83.4 Å². The second-order valence-corrected chi connectivity index (χ2v) is 2.89. The zero-order valence-electron chi connectivity index (χ0n) is 8.19. The number of hydrogen-bond acceptors (Lipinski definition) is 3. The number of carbonyl (C=O) groups excluding carboxylic acids is 1. The first kappa shape index (κ1) is 10.5.